The molecule has 2 aromatic rings. The van der Waals surface area contributed by atoms with Crippen LogP contribution in [0.3, 0.4) is 0 Å². The summed E-state index contributed by atoms with van der Waals surface area (Å²) in [7, 11) is 1.51. The zero-order chi connectivity index (χ0) is 19.8. The van der Waals surface area contributed by atoms with Crippen molar-refractivity contribution < 1.29 is 19.2 Å². The molecule has 0 spiro atoms. The van der Waals surface area contributed by atoms with Gasteiger partial charge in [0.2, 0.25) is 0 Å². The smallest absolute Gasteiger partial charge is 0.270 e. The first-order chi connectivity index (χ1) is 12.9. The monoisotopic (exact) mass is 367 g/mol. The number of ether oxygens (including phenoxy) is 2. The van der Waals surface area contributed by atoms with Gasteiger partial charge in [-0.1, -0.05) is 23.8 Å². The number of carbonyl (C=O) groups excluding carboxylic acids is 1. The van der Waals surface area contributed by atoms with Crippen LogP contribution in [0.4, 0.5) is 5.69 Å². The fraction of sp³-hybridized carbons (Fsp3) is 0.190. The Morgan fingerprint density at radius 2 is 1.93 bits per heavy atom. The highest BCUT2D eigenvalue weighted by Gasteiger charge is 2.10. The van der Waals surface area contributed by atoms with Crippen LogP contribution in [0.5, 0.6) is 11.5 Å². The van der Waals surface area contributed by atoms with E-state index in [0.717, 1.165) is 5.57 Å². The standard InChI is InChI=1S/C21H21NO5/c1-15(2)11-12-27-20-10-8-17(14-21(20)26-3)19(23)9-7-16-5-4-6-18(13-16)22(24)25/h4-11,13-14H,12H2,1-3H3/b9-7+. The number of non-ortho nitro benzene ring substituents is 1. The van der Waals surface area contributed by atoms with Gasteiger partial charge in [0.05, 0.1) is 12.0 Å². The van der Waals surface area contributed by atoms with E-state index in [4.69, 9.17) is 9.47 Å². The normalized spacial score (nSPS) is 10.5. The summed E-state index contributed by atoms with van der Waals surface area (Å²) >= 11 is 0. The average molecular weight is 367 g/mol. The molecule has 0 saturated heterocycles. The number of rotatable bonds is 8. The van der Waals surface area contributed by atoms with Gasteiger partial charge in [0.15, 0.2) is 17.3 Å². The highest BCUT2D eigenvalue weighted by Crippen LogP contribution is 2.28. The van der Waals surface area contributed by atoms with E-state index < -0.39 is 4.92 Å². The Labute approximate surface area is 157 Å². The molecule has 0 radical (unpaired) electrons. The first kappa shape index (κ1) is 19.9. The molecule has 27 heavy (non-hydrogen) atoms. The van der Waals surface area contributed by atoms with Crippen molar-refractivity contribution in [3.63, 3.8) is 0 Å². The average Bonchev–Trinajstić information content (AvgIpc) is 2.66. The van der Waals surface area contributed by atoms with Gasteiger partial charge >= 0.3 is 0 Å². The Balaban J connectivity index is 2.15. The topological polar surface area (TPSA) is 78.7 Å². The van der Waals surface area contributed by atoms with Gasteiger partial charge in [0.1, 0.15) is 6.61 Å². The van der Waals surface area contributed by atoms with Crippen LogP contribution in [0.15, 0.2) is 60.2 Å². The number of nitro benzene ring substituents is 1. The number of allylic oxidation sites excluding steroid dienone is 2. The first-order valence-electron chi connectivity index (χ1n) is 8.32. The summed E-state index contributed by atoms with van der Waals surface area (Å²) in [6.45, 7) is 4.38. The lowest BCUT2D eigenvalue weighted by molar-refractivity contribution is -0.384. The second-order valence-electron chi connectivity index (χ2n) is 6.01. The Hall–Kier alpha value is -3.41. The number of methoxy groups -OCH3 is 1. The fourth-order valence-corrected chi connectivity index (χ4v) is 2.25. The Bertz CT molecular complexity index is 895. The van der Waals surface area contributed by atoms with Crippen LogP contribution >= 0.6 is 0 Å². The Morgan fingerprint density at radius 3 is 2.59 bits per heavy atom. The summed E-state index contributed by atoms with van der Waals surface area (Å²) in [5, 5.41) is 10.8. The zero-order valence-corrected chi connectivity index (χ0v) is 15.5. The molecular weight excluding hydrogens is 346 g/mol. The third-order valence-corrected chi connectivity index (χ3v) is 3.69. The van der Waals surface area contributed by atoms with Crippen LogP contribution in [-0.2, 0) is 0 Å². The molecule has 2 rings (SSSR count). The summed E-state index contributed by atoms with van der Waals surface area (Å²) in [5.74, 6) is 0.775. The minimum Gasteiger partial charge on any atom is -0.493 e. The number of ketones is 1. The SMILES string of the molecule is COc1cc(C(=O)/C=C/c2cccc([N+](=O)[O-])c2)ccc1OCC=C(C)C. The highest BCUT2D eigenvalue weighted by atomic mass is 16.6. The van der Waals surface area contributed by atoms with E-state index >= 15 is 0 Å². The van der Waals surface area contributed by atoms with E-state index in [9.17, 15) is 14.9 Å². The summed E-state index contributed by atoms with van der Waals surface area (Å²) in [4.78, 5) is 22.7. The van der Waals surface area contributed by atoms with E-state index in [1.54, 1.807) is 36.4 Å². The van der Waals surface area contributed by atoms with Crippen LogP contribution in [-0.4, -0.2) is 24.4 Å². The fourth-order valence-electron chi connectivity index (χ4n) is 2.25. The molecule has 0 bridgehead atoms. The Kier molecular flexibility index (Phi) is 6.88. The molecule has 0 atom stereocenters. The van der Waals surface area contributed by atoms with Crippen LogP contribution in [0.25, 0.3) is 6.08 Å². The molecule has 0 unspecified atom stereocenters. The molecule has 0 amide bonds. The van der Waals surface area contributed by atoms with Crippen LogP contribution < -0.4 is 9.47 Å². The predicted molar refractivity (Wildman–Crippen MR) is 104 cm³/mol. The third kappa shape index (κ3) is 5.81. The molecule has 2 aromatic carbocycles. The number of carbonyl (C=O) groups is 1. The van der Waals surface area contributed by atoms with E-state index in [1.165, 1.54) is 25.3 Å². The van der Waals surface area contributed by atoms with Gasteiger partial charge in [-0.25, -0.2) is 0 Å². The van der Waals surface area contributed by atoms with Crippen molar-refractivity contribution >= 4 is 17.5 Å². The number of hydrogen-bond donors (Lipinski definition) is 0. The van der Waals surface area contributed by atoms with Crippen molar-refractivity contribution in [1.29, 1.82) is 0 Å². The predicted octanol–water partition coefficient (Wildman–Crippen LogP) is 4.84. The van der Waals surface area contributed by atoms with Gasteiger partial charge in [0, 0.05) is 17.7 Å². The van der Waals surface area contributed by atoms with E-state index in [1.807, 2.05) is 19.9 Å². The van der Waals surface area contributed by atoms with E-state index in [-0.39, 0.29) is 11.5 Å². The van der Waals surface area contributed by atoms with Gasteiger partial charge in [-0.2, -0.15) is 0 Å². The lowest BCUT2D eigenvalue weighted by Gasteiger charge is -2.10. The Morgan fingerprint density at radius 1 is 1.15 bits per heavy atom. The maximum absolute atomic E-state index is 12.4. The summed E-state index contributed by atoms with van der Waals surface area (Å²) in [6, 6.07) is 11.0. The van der Waals surface area contributed by atoms with Crippen molar-refractivity contribution in [2.45, 2.75) is 13.8 Å². The summed E-state index contributed by atoms with van der Waals surface area (Å²) in [5.41, 5.74) is 2.13. The summed E-state index contributed by atoms with van der Waals surface area (Å²) in [6.07, 6.45) is 4.86. The lowest BCUT2D eigenvalue weighted by Crippen LogP contribution is -2.00. The molecule has 0 aliphatic carbocycles. The van der Waals surface area contributed by atoms with Crippen LogP contribution in [0.1, 0.15) is 29.8 Å². The molecule has 0 aliphatic rings. The quantitative estimate of drug-likeness (QED) is 0.219. The lowest BCUT2D eigenvalue weighted by atomic mass is 10.1. The molecular formula is C21H21NO5. The largest absolute Gasteiger partial charge is 0.493 e. The number of hydrogen-bond acceptors (Lipinski definition) is 5. The molecule has 140 valence electrons. The molecule has 0 aliphatic heterocycles. The minimum atomic E-state index is -0.474. The molecule has 0 N–H and O–H groups in total. The molecule has 0 heterocycles. The van der Waals surface area contributed by atoms with Gasteiger partial charge in [0.25, 0.3) is 5.69 Å². The van der Waals surface area contributed by atoms with Crippen molar-refractivity contribution in [3.8, 4) is 11.5 Å². The van der Waals surface area contributed by atoms with Gasteiger partial charge < -0.3 is 9.47 Å². The zero-order valence-electron chi connectivity index (χ0n) is 15.5. The van der Waals surface area contributed by atoms with Crippen molar-refractivity contribution in [3.05, 3.63) is 81.4 Å². The van der Waals surface area contributed by atoms with Gasteiger partial charge in [-0.3, -0.25) is 14.9 Å². The van der Waals surface area contributed by atoms with Gasteiger partial charge in [-0.05, 0) is 49.8 Å². The highest BCUT2D eigenvalue weighted by molar-refractivity contribution is 6.07. The van der Waals surface area contributed by atoms with E-state index in [2.05, 4.69) is 0 Å². The third-order valence-electron chi connectivity index (χ3n) is 3.69. The maximum Gasteiger partial charge on any atom is 0.270 e. The number of nitrogens with zero attached hydrogens (tertiary/aromatic N) is 1. The second kappa shape index (κ2) is 9.33. The maximum atomic E-state index is 12.4. The van der Waals surface area contributed by atoms with Crippen LogP contribution in [0, 0.1) is 10.1 Å². The molecule has 0 aromatic heterocycles. The molecule has 6 nitrogen and oxygen atoms in total. The van der Waals surface area contributed by atoms with Gasteiger partial charge in [-0.15, -0.1) is 0 Å². The summed E-state index contributed by atoms with van der Waals surface area (Å²) < 4.78 is 10.9. The first-order valence-corrected chi connectivity index (χ1v) is 8.32. The molecule has 0 saturated carbocycles. The van der Waals surface area contributed by atoms with E-state index in [0.29, 0.717) is 29.2 Å². The van der Waals surface area contributed by atoms with Crippen molar-refractivity contribution in [1.82, 2.24) is 0 Å². The van der Waals surface area contributed by atoms with Crippen molar-refractivity contribution in [2.75, 3.05) is 13.7 Å². The number of nitro groups is 1. The minimum absolute atomic E-state index is 0.0239. The van der Waals surface area contributed by atoms with Crippen LogP contribution in [0.2, 0.25) is 0 Å². The van der Waals surface area contributed by atoms with Crippen molar-refractivity contribution in [2.24, 2.45) is 0 Å². The molecule has 6 heteroatoms. The number of benzene rings is 2. The molecule has 0 fully saturated rings. The second-order valence-corrected chi connectivity index (χ2v) is 6.01.